The summed E-state index contributed by atoms with van der Waals surface area (Å²) in [5.74, 6) is 0. The molecule has 4 aromatic carbocycles. The molecule has 3 nitrogen and oxygen atoms in total. The van der Waals surface area contributed by atoms with Gasteiger partial charge in [0.05, 0.1) is 12.1 Å². The van der Waals surface area contributed by atoms with Gasteiger partial charge in [-0.1, -0.05) is 93.6 Å². The van der Waals surface area contributed by atoms with E-state index in [1.807, 2.05) is 88.4 Å². The van der Waals surface area contributed by atoms with E-state index in [9.17, 15) is 0 Å². The molecule has 3 heteroatoms. The fourth-order valence-electron chi connectivity index (χ4n) is 5.65. The molecule has 0 N–H and O–H groups in total. The zero-order valence-electron chi connectivity index (χ0n) is 29.9. The van der Waals surface area contributed by atoms with Crippen molar-refractivity contribution in [2.24, 2.45) is 7.05 Å². The first kappa shape index (κ1) is 20.2. The molecule has 0 aliphatic carbocycles. The second kappa shape index (κ2) is 9.75. The number of hydrogen-bond donors (Lipinski definition) is 0. The van der Waals surface area contributed by atoms with E-state index in [2.05, 4.69) is 4.85 Å². The van der Waals surface area contributed by atoms with E-state index in [0.717, 1.165) is 33.0 Å². The molecule has 0 bridgehead atoms. The summed E-state index contributed by atoms with van der Waals surface area (Å²) in [6.07, 6.45) is 1.58. The Balaban J connectivity index is 1.70. The van der Waals surface area contributed by atoms with Gasteiger partial charge in [0.1, 0.15) is 18.2 Å². The molecule has 0 saturated carbocycles. The molecule has 0 amide bonds. The lowest BCUT2D eigenvalue weighted by molar-refractivity contribution is -0.660. The van der Waals surface area contributed by atoms with Gasteiger partial charge in [-0.2, -0.15) is 0 Å². The third kappa shape index (κ3) is 4.41. The van der Waals surface area contributed by atoms with Gasteiger partial charge in [0.2, 0.25) is 5.69 Å². The zero-order valence-corrected chi connectivity index (χ0v) is 23.9. The Hall–Kier alpha value is -4.68. The molecule has 0 aliphatic rings. The van der Waals surface area contributed by atoms with Crippen LogP contribution in [0.1, 0.15) is 51.2 Å². The highest BCUT2D eigenvalue weighted by Gasteiger charge is 2.25. The fourth-order valence-corrected chi connectivity index (χ4v) is 5.65. The van der Waals surface area contributed by atoms with Gasteiger partial charge in [-0.3, -0.25) is 0 Å². The summed E-state index contributed by atoms with van der Waals surface area (Å²) in [6, 6.07) is 24.5. The first-order chi connectivity index (χ1) is 22.0. The SMILES string of the molecule is [2H]C([2H])([2H])c1cc(C(C)(C)C)ccc1-c1cc(-c2c(C)ccc3c2oc2c(-c4ccccc4)c([N+]#[C-])ccc23)[n+](C)cc1C([2H])([2H])[2H]. The average Bonchev–Trinajstić information content (AvgIpc) is 3.38. The molecule has 0 fully saturated rings. The smallest absolute Gasteiger partial charge is 0.216 e. The summed E-state index contributed by atoms with van der Waals surface area (Å²) >= 11 is 0. The molecule has 6 rings (SSSR count). The Kier molecular flexibility index (Phi) is 4.81. The predicted octanol–water partition coefficient (Wildman–Crippen LogP) is 10.2. The van der Waals surface area contributed by atoms with Crippen molar-refractivity contribution in [3.05, 3.63) is 119 Å². The number of aryl methyl sites for hydroxylation is 4. The van der Waals surface area contributed by atoms with Gasteiger partial charge >= 0.3 is 0 Å². The summed E-state index contributed by atoms with van der Waals surface area (Å²) in [4.78, 5) is 3.79. The van der Waals surface area contributed by atoms with Crippen LogP contribution in [-0.4, -0.2) is 0 Å². The van der Waals surface area contributed by atoms with E-state index in [4.69, 9.17) is 19.2 Å². The third-order valence-corrected chi connectivity index (χ3v) is 7.88. The van der Waals surface area contributed by atoms with Crippen LogP contribution >= 0.6 is 0 Å². The second-order valence-electron chi connectivity index (χ2n) is 11.7. The Morgan fingerprint density at radius 2 is 1.49 bits per heavy atom. The molecule has 2 aromatic heterocycles. The first-order valence-corrected chi connectivity index (χ1v) is 13.6. The average molecular weight is 542 g/mol. The number of fused-ring (bicyclic) bond motifs is 3. The highest BCUT2D eigenvalue weighted by Crippen LogP contribution is 2.44. The number of benzene rings is 4. The van der Waals surface area contributed by atoms with Crippen LogP contribution in [-0.2, 0) is 12.5 Å². The van der Waals surface area contributed by atoms with E-state index < -0.39 is 13.7 Å². The van der Waals surface area contributed by atoms with Gasteiger partial charge in [0, 0.05) is 36.2 Å². The third-order valence-electron chi connectivity index (χ3n) is 7.88. The normalized spacial score (nSPS) is 14.5. The summed E-state index contributed by atoms with van der Waals surface area (Å²) in [5, 5.41) is 1.71. The Bertz CT molecular complexity index is 2230. The van der Waals surface area contributed by atoms with Gasteiger partial charge in [-0.05, 0) is 59.4 Å². The molecule has 0 saturated heterocycles. The van der Waals surface area contributed by atoms with Crippen molar-refractivity contribution in [2.45, 2.75) is 46.8 Å². The topological polar surface area (TPSA) is 21.4 Å². The first-order valence-electron chi connectivity index (χ1n) is 16.6. The van der Waals surface area contributed by atoms with E-state index >= 15 is 0 Å². The highest BCUT2D eigenvalue weighted by atomic mass is 16.3. The summed E-state index contributed by atoms with van der Waals surface area (Å²) in [6.45, 7) is 10.9. The standard InChI is InChI=1S/C38H35N2O/c1-23-14-16-29-30-18-19-32(39-7)35(26-12-10-9-11-13-26)37(30)41-36(29)34(23)33-21-31(25(3)22-40(33)8)28-17-15-27(20-24(28)2)38(4,5)6/h9-22H,1-6,8H3/q+1/i2D3,3D3. The monoisotopic (exact) mass is 541 g/mol. The van der Waals surface area contributed by atoms with Crippen LogP contribution in [0, 0.1) is 27.2 Å². The maximum Gasteiger partial charge on any atom is 0.216 e. The lowest BCUT2D eigenvalue weighted by Crippen LogP contribution is -2.31. The highest BCUT2D eigenvalue weighted by molar-refractivity contribution is 6.15. The lowest BCUT2D eigenvalue weighted by Gasteiger charge is -2.21. The van der Waals surface area contributed by atoms with Gasteiger partial charge in [-0.15, -0.1) is 0 Å². The molecule has 41 heavy (non-hydrogen) atoms. The van der Waals surface area contributed by atoms with Crippen LogP contribution in [0.5, 0.6) is 0 Å². The molecule has 0 unspecified atom stereocenters. The molecule has 0 spiro atoms. The van der Waals surface area contributed by atoms with Gasteiger partial charge in [0.25, 0.3) is 0 Å². The largest absolute Gasteiger partial charge is 0.456 e. The van der Waals surface area contributed by atoms with Crippen molar-refractivity contribution in [3.63, 3.8) is 0 Å². The van der Waals surface area contributed by atoms with Gasteiger partial charge < -0.3 is 4.42 Å². The number of furan rings is 1. The van der Waals surface area contributed by atoms with E-state index in [1.165, 1.54) is 0 Å². The number of hydrogen-bond acceptors (Lipinski definition) is 1. The van der Waals surface area contributed by atoms with Gasteiger partial charge in [0.15, 0.2) is 11.9 Å². The van der Waals surface area contributed by atoms with E-state index in [0.29, 0.717) is 39.2 Å². The predicted molar refractivity (Wildman–Crippen MR) is 170 cm³/mol. The molecule has 202 valence electrons. The lowest BCUT2D eigenvalue weighted by atomic mass is 9.84. The maximum atomic E-state index is 8.43. The van der Waals surface area contributed by atoms with Crippen molar-refractivity contribution >= 4 is 27.6 Å². The summed E-state index contributed by atoms with van der Waals surface area (Å²) in [5.41, 5.74) is 6.95. The van der Waals surface area contributed by atoms with Crippen LogP contribution in [0.15, 0.2) is 89.5 Å². The molecule has 2 heterocycles. The van der Waals surface area contributed by atoms with Crippen LogP contribution in [0.4, 0.5) is 5.69 Å². The van der Waals surface area contributed by atoms with Crippen LogP contribution in [0.3, 0.4) is 0 Å². The number of pyridine rings is 1. The quantitative estimate of drug-likeness (QED) is 0.161. The molecular formula is C38H35N2O+. The van der Waals surface area contributed by atoms with Crippen LogP contribution in [0.25, 0.3) is 60.3 Å². The minimum absolute atomic E-state index is 0.0558. The van der Waals surface area contributed by atoms with Crippen molar-refractivity contribution in [2.75, 3.05) is 0 Å². The molecule has 0 atom stereocenters. The zero-order chi connectivity index (χ0) is 34.1. The molecule has 6 aromatic rings. The number of rotatable bonds is 3. The number of nitrogens with zero attached hydrogens (tertiary/aromatic N) is 2. The Labute approximate surface area is 251 Å². The Morgan fingerprint density at radius 3 is 2.17 bits per heavy atom. The molecular weight excluding hydrogens is 500 g/mol. The number of aromatic nitrogens is 1. The Morgan fingerprint density at radius 1 is 0.780 bits per heavy atom. The molecule has 0 aliphatic heterocycles. The van der Waals surface area contributed by atoms with Crippen molar-refractivity contribution < 1.29 is 17.2 Å². The fraction of sp³-hybridized carbons (Fsp3) is 0.211. The van der Waals surface area contributed by atoms with Crippen molar-refractivity contribution in [1.29, 1.82) is 0 Å². The van der Waals surface area contributed by atoms with Crippen molar-refractivity contribution in [1.82, 2.24) is 0 Å². The minimum Gasteiger partial charge on any atom is -0.456 e. The summed E-state index contributed by atoms with van der Waals surface area (Å²) < 4.78 is 59.1. The van der Waals surface area contributed by atoms with Gasteiger partial charge in [-0.25, -0.2) is 9.41 Å². The van der Waals surface area contributed by atoms with Crippen LogP contribution < -0.4 is 4.57 Å². The van der Waals surface area contributed by atoms with E-state index in [1.54, 1.807) is 36.0 Å². The summed E-state index contributed by atoms with van der Waals surface area (Å²) in [7, 11) is 1.79. The second-order valence-corrected chi connectivity index (χ2v) is 11.7. The molecule has 0 radical (unpaired) electrons. The van der Waals surface area contributed by atoms with Crippen molar-refractivity contribution in [3.8, 4) is 33.5 Å². The minimum atomic E-state index is -2.51. The van der Waals surface area contributed by atoms with E-state index in [-0.39, 0.29) is 16.5 Å². The van der Waals surface area contributed by atoms with Crippen LogP contribution in [0.2, 0.25) is 0 Å². The maximum absolute atomic E-state index is 8.43.